The van der Waals surface area contributed by atoms with Gasteiger partial charge >= 0.3 is 6.09 Å². The van der Waals surface area contributed by atoms with E-state index in [1.807, 2.05) is 20.8 Å². The van der Waals surface area contributed by atoms with Gasteiger partial charge in [0.25, 0.3) is 0 Å². The van der Waals surface area contributed by atoms with Gasteiger partial charge in [-0.05, 0) is 23.1 Å². The maximum absolute atomic E-state index is 16.0. The molecule has 4 N–H and O–H groups in total. The van der Waals surface area contributed by atoms with Gasteiger partial charge in [0, 0.05) is 22.8 Å². The number of nitrogens with one attached hydrogen (secondary N) is 1. The van der Waals surface area contributed by atoms with Crippen molar-refractivity contribution in [2.75, 3.05) is 20.8 Å². The summed E-state index contributed by atoms with van der Waals surface area (Å²) in [7, 11) is 2.44. The van der Waals surface area contributed by atoms with Crippen LogP contribution in [0.5, 0.6) is 11.5 Å². The third-order valence-electron chi connectivity index (χ3n) is 7.36. The zero-order chi connectivity index (χ0) is 30.3. The van der Waals surface area contributed by atoms with Gasteiger partial charge in [0.1, 0.15) is 11.6 Å². The molecule has 3 aromatic carbocycles. The van der Waals surface area contributed by atoms with Gasteiger partial charge in [0.15, 0.2) is 17.2 Å². The highest BCUT2D eigenvalue weighted by atomic mass is 35.5. The van der Waals surface area contributed by atoms with Crippen LogP contribution >= 0.6 is 11.6 Å². The second kappa shape index (κ2) is 11.2. The highest BCUT2D eigenvalue weighted by molar-refractivity contribution is 6.34. The van der Waals surface area contributed by atoms with Crippen LogP contribution in [-0.4, -0.2) is 44.0 Å². The number of benzene rings is 3. The first-order chi connectivity index (χ1) is 19.3. The minimum absolute atomic E-state index is 0.0663. The number of carbonyl (C=O) groups excluding carboxylic acids is 2. The molecule has 218 valence electrons. The predicted molar refractivity (Wildman–Crippen MR) is 149 cm³/mol. The van der Waals surface area contributed by atoms with Crippen LogP contribution in [0.15, 0.2) is 48.5 Å². The Hall–Kier alpha value is -3.89. The largest absolute Gasteiger partial charge is 0.494 e. The number of amides is 2. The summed E-state index contributed by atoms with van der Waals surface area (Å²) in [6, 6.07) is 11.3. The van der Waals surface area contributed by atoms with Crippen molar-refractivity contribution in [3.05, 3.63) is 81.9 Å². The monoisotopic (exact) mass is 588 g/mol. The van der Waals surface area contributed by atoms with Gasteiger partial charge in [0.2, 0.25) is 5.91 Å². The Labute approximate surface area is 241 Å². The van der Waals surface area contributed by atoms with Gasteiger partial charge in [-0.2, -0.15) is 0 Å². The standard InChI is InChI=1S/C30H31ClF2N2O6/c1-29(2,3)27(35-28(38)40-5)30(15-9-7-6-8-10-15)17(14-36)22-20(41-30)13-18(32)24(31)23(22)21-16(26(34)37)11-12-19(39-4)25(21)33/h6-13,17,27,36H,14H2,1-5H3,(H2,34,37)(H,35,38). The van der Waals surface area contributed by atoms with Gasteiger partial charge < -0.3 is 30.4 Å². The van der Waals surface area contributed by atoms with Crippen molar-refractivity contribution < 1.29 is 37.7 Å². The number of aliphatic hydroxyl groups is 1. The minimum Gasteiger partial charge on any atom is -0.494 e. The fourth-order valence-electron chi connectivity index (χ4n) is 5.68. The minimum atomic E-state index is -1.58. The van der Waals surface area contributed by atoms with E-state index < -0.39 is 63.8 Å². The Morgan fingerprint density at radius 1 is 1.15 bits per heavy atom. The van der Waals surface area contributed by atoms with Crippen LogP contribution in [0.3, 0.4) is 0 Å². The van der Waals surface area contributed by atoms with E-state index in [4.69, 9.17) is 31.5 Å². The number of hydrogen-bond acceptors (Lipinski definition) is 6. The topological polar surface area (TPSA) is 120 Å². The van der Waals surface area contributed by atoms with Crippen molar-refractivity contribution in [2.45, 2.75) is 38.3 Å². The van der Waals surface area contributed by atoms with E-state index in [-0.39, 0.29) is 28.2 Å². The van der Waals surface area contributed by atoms with Gasteiger partial charge in [-0.1, -0.05) is 62.7 Å². The molecule has 8 nitrogen and oxygen atoms in total. The van der Waals surface area contributed by atoms with Crippen molar-refractivity contribution in [2.24, 2.45) is 11.1 Å². The number of rotatable bonds is 7. The number of hydrogen-bond donors (Lipinski definition) is 3. The molecule has 0 spiro atoms. The molecule has 3 unspecified atom stereocenters. The fraction of sp³-hybridized carbons (Fsp3) is 0.333. The lowest BCUT2D eigenvalue weighted by Crippen LogP contribution is -2.61. The molecule has 3 atom stereocenters. The van der Waals surface area contributed by atoms with E-state index in [2.05, 4.69) is 5.32 Å². The fourth-order valence-corrected chi connectivity index (χ4v) is 5.93. The molecular formula is C30H31ClF2N2O6. The maximum Gasteiger partial charge on any atom is 0.407 e. The summed E-state index contributed by atoms with van der Waals surface area (Å²) in [6.45, 7) is 4.94. The number of halogens is 3. The molecule has 1 heterocycles. The van der Waals surface area contributed by atoms with Crippen LogP contribution in [0.1, 0.15) is 48.2 Å². The second-order valence-corrected chi connectivity index (χ2v) is 11.1. The first-order valence-electron chi connectivity index (χ1n) is 12.7. The zero-order valence-corrected chi connectivity index (χ0v) is 23.9. The SMILES string of the molecule is COC(=O)NC(C(C)(C)C)C1(c2ccccc2)Oc2cc(F)c(Cl)c(-c3c(C(N)=O)ccc(OC)c3F)c2C1CO. The molecule has 1 aliphatic rings. The van der Waals surface area contributed by atoms with E-state index in [0.717, 1.165) is 6.07 Å². The van der Waals surface area contributed by atoms with Crippen molar-refractivity contribution in [1.82, 2.24) is 5.32 Å². The van der Waals surface area contributed by atoms with E-state index in [0.29, 0.717) is 5.56 Å². The smallest absolute Gasteiger partial charge is 0.407 e. The normalized spacial score (nSPS) is 18.7. The zero-order valence-electron chi connectivity index (χ0n) is 23.2. The molecule has 0 saturated heterocycles. The Kier molecular flexibility index (Phi) is 8.20. The lowest BCUT2D eigenvalue weighted by atomic mass is 9.66. The van der Waals surface area contributed by atoms with Crippen LogP contribution in [-0.2, 0) is 10.3 Å². The third-order valence-corrected chi connectivity index (χ3v) is 7.73. The highest BCUT2D eigenvalue weighted by Crippen LogP contribution is 2.59. The quantitative estimate of drug-likeness (QED) is 0.334. The van der Waals surface area contributed by atoms with E-state index in [1.165, 1.54) is 26.4 Å². The summed E-state index contributed by atoms with van der Waals surface area (Å²) in [4.78, 5) is 25.1. The molecule has 4 rings (SSSR count). The summed E-state index contributed by atoms with van der Waals surface area (Å²) in [6.07, 6.45) is -0.768. The molecule has 0 radical (unpaired) electrons. The molecule has 11 heteroatoms. The number of fused-ring (bicyclic) bond motifs is 1. The van der Waals surface area contributed by atoms with Gasteiger partial charge in [-0.3, -0.25) is 4.79 Å². The first kappa shape index (κ1) is 30.1. The number of methoxy groups -OCH3 is 2. The van der Waals surface area contributed by atoms with Crippen LogP contribution in [0.2, 0.25) is 5.02 Å². The third kappa shape index (κ3) is 4.95. The number of primary amides is 1. The van der Waals surface area contributed by atoms with Crippen LogP contribution in [0, 0.1) is 17.0 Å². The summed E-state index contributed by atoms with van der Waals surface area (Å²) >= 11 is 6.53. The Balaban J connectivity index is 2.16. The molecule has 0 fully saturated rings. The van der Waals surface area contributed by atoms with Crippen LogP contribution < -0.4 is 20.5 Å². The molecule has 0 aromatic heterocycles. The summed E-state index contributed by atoms with van der Waals surface area (Å²) in [5.41, 5.74) is 3.00. The summed E-state index contributed by atoms with van der Waals surface area (Å²) < 4.78 is 48.2. The molecular weight excluding hydrogens is 558 g/mol. The average Bonchev–Trinajstić information content (AvgIpc) is 3.26. The summed E-state index contributed by atoms with van der Waals surface area (Å²) in [5, 5.41) is 13.4. The van der Waals surface area contributed by atoms with Crippen LogP contribution in [0.4, 0.5) is 13.6 Å². The molecule has 0 aliphatic carbocycles. The average molecular weight is 589 g/mol. The number of alkyl carbamates (subject to hydrolysis) is 1. The molecule has 1 aliphatic heterocycles. The highest BCUT2D eigenvalue weighted by Gasteiger charge is 2.59. The van der Waals surface area contributed by atoms with Gasteiger partial charge in [-0.15, -0.1) is 0 Å². The first-order valence-corrected chi connectivity index (χ1v) is 13.1. The van der Waals surface area contributed by atoms with E-state index >= 15 is 8.78 Å². The molecule has 41 heavy (non-hydrogen) atoms. The van der Waals surface area contributed by atoms with E-state index in [9.17, 15) is 14.7 Å². The van der Waals surface area contributed by atoms with Crippen molar-refractivity contribution in [1.29, 1.82) is 0 Å². The lowest BCUT2D eigenvalue weighted by molar-refractivity contribution is -0.0311. The summed E-state index contributed by atoms with van der Waals surface area (Å²) in [5.74, 6) is -4.35. The van der Waals surface area contributed by atoms with Crippen molar-refractivity contribution in [3.63, 3.8) is 0 Å². The van der Waals surface area contributed by atoms with Gasteiger partial charge in [-0.25, -0.2) is 13.6 Å². The number of aliphatic hydroxyl groups excluding tert-OH is 1. The van der Waals surface area contributed by atoms with Crippen LogP contribution in [0.25, 0.3) is 11.1 Å². The molecule has 0 saturated carbocycles. The Morgan fingerprint density at radius 3 is 2.34 bits per heavy atom. The van der Waals surface area contributed by atoms with Crippen molar-refractivity contribution >= 4 is 23.6 Å². The molecule has 0 bridgehead atoms. The van der Waals surface area contributed by atoms with E-state index in [1.54, 1.807) is 30.3 Å². The van der Waals surface area contributed by atoms with Crippen molar-refractivity contribution in [3.8, 4) is 22.6 Å². The molecule has 3 aromatic rings. The predicted octanol–water partition coefficient (Wildman–Crippen LogP) is 5.53. The lowest BCUT2D eigenvalue weighted by Gasteiger charge is -2.47. The Morgan fingerprint density at radius 2 is 1.80 bits per heavy atom. The Bertz CT molecular complexity index is 1490. The maximum atomic E-state index is 16.0. The number of ether oxygens (including phenoxy) is 3. The molecule has 2 amide bonds. The number of carbonyl (C=O) groups is 2. The van der Waals surface area contributed by atoms with Gasteiger partial charge in [0.05, 0.1) is 43.4 Å². The second-order valence-electron chi connectivity index (χ2n) is 10.8. The number of nitrogens with two attached hydrogens (primary N) is 1.